The van der Waals surface area contributed by atoms with Crippen molar-refractivity contribution in [3.63, 3.8) is 0 Å². The van der Waals surface area contributed by atoms with Crippen molar-refractivity contribution in [2.24, 2.45) is 0 Å². The van der Waals surface area contributed by atoms with Crippen molar-refractivity contribution >= 4 is 64.6 Å². The van der Waals surface area contributed by atoms with Crippen molar-refractivity contribution in [2.45, 2.75) is 105 Å². The molecule has 0 saturated heterocycles. The lowest BCUT2D eigenvalue weighted by Crippen LogP contribution is -2.13. The SMILES string of the molecule is CC(C)(C)c1c(O)c2ccc3c(O)c(C(C)(C)C)c(O)c4c(C#Cc5cc6c(O)c(C(C)(C)C)c(O)c7ccc8c(O)c(C(C)(C)C)c(O)c5c8c76)cc(c1O)c2c34. The molecule has 0 heterocycles. The van der Waals surface area contributed by atoms with Gasteiger partial charge in [-0.2, -0.15) is 0 Å². The van der Waals surface area contributed by atoms with Crippen molar-refractivity contribution in [1.82, 2.24) is 0 Å². The molecule has 0 aliphatic heterocycles. The predicted octanol–water partition coefficient (Wildman–Crippen LogP) is 11.7. The van der Waals surface area contributed by atoms with E-state index >= 15 is 0 Å². The minimum absolute atomic E-state index is 0.0967. The van der Waals surface area contributed by atoms with Gasteiger partial charge >= 0.3 is 0 Å². The van der Waals surface area contributed by atoms with Crippen LogP contribution in [0.1, 0.15) is 116 Å². The highest BCUT2D eigenvalue weighted by atomic mass is 16.3. The number of phenols is 8. The third-order valence-electron chi connectivity index (χ3n) is 11.8. The number of hydrogen-bond donors (Lipinski definition) is 8. The fourth-order valence-electron chi connectivity index (χ4n) is 9.47. The standard InChI is InChI=1S/C50H50O8/c1-47(2,3)35-39(51)23-15-17-25-33-29(45(57)37(41(25)53)49(7,8)9)21(19-27(31(23)33)43(35)55)13-14-22-20-28-32-24(40(52)36(44(28)56)48(4,5)6)16-18-26-34(32)30(22)46(58)38(42(26)54)50(10,11)12/h15-20,51-58H,1-12H3. The van der Waals surface area contributed by atoms with Crippen molar-refractivity contribution < 1.29 is 40.9 Å². The Morgan fingerprint density at radius 2 is 0.517 bits per heavy atom. The molecule has 0 bridgehead atoms. The van der Waals surface area contributed by atoms with Gasteiger partial charge in [-0.1, -0.05) is 94.9 Å². The lowest BCUT2D eigenvalue weighted by Gasteiger charge is -2.28. The van der Waals surface area contributed by atoms with Crippen LogP contribution in [0.25, 0.3) is 64.6 Å². The Hall–Kier alpha value is -6.20. The summed E-state index contributed by atoms with van der Waals surface area (Å²) in [6.45, 7) is 22.6. The number of aromatic hydroxyl groups is 8. The molecule has 0 aromatic heterocycles. The highest BCUT2D eigenvalue weighted by Crippen LogP contribution is 2.57. The summed E-state index contributed by atoms with van der Waals surface area (Å²) in [5, 5.41) is 100. The van der Waals surface area contributed by atoms with Gasteiger partial charge in [0.2, 0.25) is 0 Å². The van der Waals surface area contributed by atoms with E-state index in [1.54, 1.807) is 36.4 Å². The first-order valence-corrected chi connectivity index (χ1v) is 19.5. The molecule has 8 heteroatoms. The summed E-state index contributed by atoms with van der Waals surface area (Å²) in [4.78, 5) is 0. The summed E-state index contributed by atoms with van der Waals surface area (Å²) in [6, 6.07) is 10.2. The molecule has 298 valence electrons. The van der Waals surface area contributed by atoms with E-state index in [9.17, 15) is 40.9 Å². The number of benzene rings is 8. The van der Waals surface area contributed by atoms with Crippen LogP contribution in [-0.2, 0) is 21.7 Å². The Kier molecular flexibility index (Phi) is 7.79. The van der Waals surface area contributed by atoms with Gasteiger partial charge in [-0.25, -0.2) is 0 Å². The minimum Gasteiger partial charge on any atom is -0.507 e. The second kappa shape index (κ2) is 11.7. The zero-order valence-electron chi connectivity index (χ0n) is 35.0. The highest BCUT2D eigenvalue weighted by molar-refractivity contribution is 6.31. The third-order valence-corrected chi connectivity index (χ3v) is 11.8. The molecule has 0 aliphatic carbocycles. The molecule has 0 unspecified atom stereocenters. The van der Waals surface area contributed by atoms with Crippen LogP contribution >= 0.6 is 0 Å². The maximum atomic E-state index is 12.2. The lowest BCUT2D eigenvalue weighted by molar-refractivity contribution is 0.416. The topological polar surface area (TPSA) is 162 Å². The zero-order chi connectivity index (χ0) is 42.7. The molecule has 58 heavy (non-hydrogen) atoms. The fourth-order valence-corrected chi connectivity index (χ4v) is 9.47. The summed E-state index contributed by atoms with van der Waals surface area (Å²) in [7, 11) is 0. The monoisotopic (exact) mass is 778 g/mol. The van der Waals surface area contributed by atoms with Crippen LogP contribution < -0.4 is 0 Å². The first kappa shape index (κ1) is 38.7. The van der Waals surface area contributed by atoms with Crippen LogP contribution in [0.3, 0.4) is 0 Å². The molecule has 8 nitrogen and oxygen atoms in total. The molecule has 0 saturated carbocycles. The number of phenolic OH excluding ortho intramolecular Hbond substituents is 8. The van der Waals surface area contributed by atoms with E-state index in [1.807, 2.05) is 83.1 Å². The number of hydrogen-bond acceptors (Lipinski definition) is 8. The Morgan fingerprint density at radius 3 is 0.776 bits per heavy atom. The highest BCUT2D eigenvalue weighted by Gasteiger charge is 2.35. The largest absolute Gasteiger partial charge is 0.507 e. The van der Waals surface area contributed by atoms with E-state index in [4.69, 9.17) is 0 Å². The van der Waals surface area contributed by atoms with Gasteiger partial charge in [0.1, 0.15) is 46.0 Å². The normalized spacial score (nSPS) is 13.2. The molecule has 8 rings (SSSR count). The van der Waals surface area contributed by atoms with E-state index in [1.165, 1.54) is 0 Å². The second-order valence-electron chi connectivity index (χ2n) is 20.1. The van der Waals surface area contributed by atoms with E-state index in [2.05, 4.69) is 11.8 Å². The van der Waals surface area contributed by atoms with E-state index in [0.29, 0.717) is 98.0 Å². The molecule has 0 radical (unpaired) electrons. The van der Waals surface area contributed by atoms with Crippen molar-refractivity contribution in [1.29, 1.82) is 0 Å². The third kappa shape index (κ3) is 5.08. The first-order valence-electron chi connectivity index (χ1n) is 19.5. The van der Waals surface area contributed by atoms with E-state index in [-0.39, 0.29) is 46.0 Å². The van der Waals surface area contributed by atoms with Gasteiger partial charge < -0.3 is 40.9 Å². The summed E-state index contributed by atoms with van der Waals surface area (Å²) in [6.07, 6.45) is 0. The summed E-state index contributed by atoms with van der Waals surface area (Å²) in [5.74, 6) is 5.42. The maximum absolute atomic E-state index is 12.2. The van der Waals surface area contributed by atoms with Crippen molar-refractivity contribution in [3.8, 4) is 57.8 Å². The molecule has 0 amide bonds. The average molecular weight is 779 g/mol. The van der Waals surface area contributed by atoms with Gasteiger partial charge in [-0.3, -0.25) is 0 Å². The van der Waals surface area contributed by atoms with Gasteiger partial charge in [0, 0.05) is 98.0 Å². The first-order chi connectivity index (χ1) is 26.7. The molecule has 0 atom stereocenters. The molecule has 8 N–H and O–H groups in total. The molecule has 0 aliphatic rings. The Bertz CT molecular complexity index is 2950. The predicted molar refractivity (Wildman–Crippen MR) is 234 cm³/mol. The summed E-state index contributed by atoms with van der Waals surface area (Å²) >= 11 is 0. The van der Waals surface area contributed by atoms with Crippen LogP contribution in [0, 0.1) is 11.8 Å². The Balaban J connectivity index is 1.61. The van der Waals surface area contributed by atoms with E-state index < -0.39 is 21.7 Å². The smallest absolute Gasteiger partial charge is 0.132 e. The van der Waals surface area contributed by atoms with Gasteiger partial charge in [0.25, 0.3) is 0 Å². The Labute approximate surface area is 336 Å². The molecule has 0 fully saturated rings. The molecular formula is C50H50O8. The summed E-state index contributed by atoms with van der Waals surface area (Å²) < 4.78 is 0. The minimum atomic E-state index is -0.720. The van der Waals surface area contributed by atoms with Crippen LogP contribution in [0.15, 0.2) is 36.4 Å². The van der Waals surface area contributed by atoms with Gasteiger partial charge in [-0.05, 0) is 58.1 Å². The van der Waals surface area contributed by atoms with Crippen LogP contribution in [0.4, 0.5) is 0 Å². The zero-order valence-corrected chi connectivity index (χ0v) is 35.0. The number of rotatable bonds is 0. The average Bonchev–Trinajstić information content (AvgIpc) is 3.07. The van der Waals surface area contributed by atoms with Crippen LogP contribution in [-0.4, -0.2) is 40.9 Å². The maximum Gasteiger partial charge on any atom is 0.132 e. The molecule has 8 aromatic carbocycles. The molecule has 8 aromatic rings. The van der Waals surface area contributed by atoms with Gasteiger partial charge in [0.15, 0.2) is 0 Å². The van der Waals surface area contributed by atoms with Gasteiger partial charge in [0.05, 0.1) is 0 Å². The second-order valence-corrected chi connectivity index (χ2v) is 20.1. The molecular weight excluding hydrogens is 729 g/mol. The van der Waals surface area contributed by atoms with Crippen LogP contribution in [0.2, 0.25) is 0 Å². The fraction of sp³-hybridized carbons (Fsp3) is 0.320. The molecule has 0 spiro atoms. The quantitative estimate of drug-likeness (QED) is 0.0557. The van der Waals surface area contributed by atoms with E-state index in [0.717, 1.165) is 0 Å². The van der Waals surface area contributed by atoms with Gasteiger partial charge in [-0.15, -0.1) is 0 Å². The summed E-state index contributed by atoms with van der Waals surface area (Å²) in [5.41, 5.74) is -0.923. The lowest BCUT2D eigenvalue weighted by atomic mass is 9.78. The van der Waals surface area contributed by atoms with Crippen molar-refractivity contribution in [3.05, 3.63) is 69.8 Å². The van der Waals surface area contributed by atoms with Crippen molar-refractivity contribution in [2.75, 3.05) is 0 Å². The Morgan fingerprint density at radius 1 is 0.293 bits per heavy atom. The van der Waals surface area contributed by atoms with Crippen LogP contribution in [0.5, 0.6) is 46.0 Å².